The van der Waals surface area contributed by atoms with Crippen molar-refractivity contribution in [2.75, 3.05) is 20.1 Å². The minimum Gasteiger partial charge on any atom is -0.478 e. The lowest BCUT2D eigenvalue weighted by molar-refractivity contribution is -0.134. The van der Waals surface area contributed by atoms with Crippen LogP contribution in [-0.4, -0.2) is 71.0 Å². The number of carbonyl (C=O) groups excluding carboxylic acids is 1. The van der Waals surface area contributed by atoms with Crippen molar-refractivity contribution in [3.63, 3.8) is 0 Å². The standard InChI is InChI=1S/C22H29N3O5/c1-22(2,3)30-21(28)25-12-17-10-16(19(20(26)27)18(13-25)24(17)4)11-23-29-14-15-8-6-5-7-9-15/h5-9,11,17-18H,10,12-14H2,1-4H3,(H,26,27)/b23-11+. The number of carbonyl (C=O) groups is 2. The molecular formula is C22H29N3O5. The molecule has 1 fully saturated rings. The lowest BCUT2D eigenvalue weighted by Gasteiger charge is -2.48. The van der Waals surface area contributed by atoms with Gasteiger partial charge in [-0.15, -0.1) is 0 Å². The van der Waals surface area contributed by atoms with Crippen LogP contribution in [0.3, 0.4) is 0 Å². The highest BCUT2D eigenvalue weighted by Crippen LogP contribution is 2.32. The molecule has 1 saturated heterocycles. The highest BCUT2D eigenvalue weighted by molar-refractivity contribution is 5.97. The molecule has 2 atom stereocenters. The fourth-order valence-corrected chi connectivity index (χ4v) is 3.80. The molecule has 1 aromatic rings. The van der Waals surface area contributed by atoms with Gasteiger partial charge >= 0.3 is 12.1 Å². The number of carboxylic acid groups (broad SMARTS) is 1. The average molecular weight is 415 g/mol. The Morgan fingerprint density at radius 2 is 1.93 bits per heavy atom. The Labute approximate surface area is 176 Å². The van der Waals surface area contributed by atoms with Gasteiger partial charge < -0.3 is 19.6 Å². The summed E-state index contributed by atoms with van der Waals surface area (Å²) in [6.45, 7) is 6.48. The number of oxime groups is 1. The number of amides is 1. The van der Waals surface area contributed by atoms with E-state index in [1.807, 2.05) is 63.1 Å². The molecule has 0 aliphatic carbocycles. The van der Waals surface area contributed by atoms with Gasteiger partial charge in [0, 0.05) is 19.1 Å². The molecule has 8 heteroatoms. The summed E-state index contributed by atoms with van der Waals surface area (Å²) in [6.07, 6.45) is 1.55. The first-order valence-electron chi connectivity index (χ1n) is 10.0. The molecule has 2 aliphatic heterocycles. The van der Waals surface area contributed by atoms with Gasteiger partial charge in [0.25, 0.3) is 0 Å². The summed E-state index contributed by atoms with van der Waals surface area (Å²) in [6, 6.07) is 9.18. The van der Waals surface area contributed by atoms with Gasteiger partial charge in [-0.1, -0.05) is 35.5 Å². The van der Waals surface area contributed by atoms with Crippen LogP contribution < -0.4 is 0 Å². The first kappa shape index (κ1) is 21.8. The number of rotatable bonds is 5. The second-order valence-electron chi connectivity index (χ2n) is 8.66. The molecule has 0 aromatic heterocycles. The second kappa shape index (κ2) is 8.87. The predicted molar refractivity (Wildman–Crippen MR) is 112 cm³/mol. The van der Waals surface area contributed by atoms with Crippen molar-refractivity contribution >= 4 is 18.3 Å². The number of nitrogens with zero attached hydrogens (tertiary/aromatic N) is 3. The number of benzene rings is 1. The second-order valence-corrected chi connectivity index (χ2v) is 8.66. The van der Waals surface area contributed by atoms with E-state index < -0.39 is 23.7 Å². The summed E-state index contributed by atoms with van der Waals surface area (Å²) in [5, 5.41) is 13.9. The third-order valence-electron chi connectivity index (χ3n) is 5.27. The van der Waals surface area contributed by atoms with Crippen molar-refractivity contribution in [2.24, 2.45) is 5.16 Å². The Morgan fingerprint density at radius 1 is 1.23 bits per heavy atom. The first-order chi connectivity index (χ1) is 14.2. The van der Waals surface area contributed by atoms with Crippen LogP contribution in [0.25, 0.3) is 0 Å². The molecule has 0 radical (unpaired) electrons. The maximum Gasteiger partial charge on any atom is 0.410 e. The van der Waals surface area contributed by atoms with E-state index in [0.717, 1.165) is 5.56 Å². The third-order valence-corrected chi connectivity index (χ3v) is 5.27. The van der Waals surface area contributed by atoms with E-state index in [-0.39, 0.29) is 18.2 Å². The van der Waals surface area contributed by atoms with Gasteiger partial charge in [0.15, 0.2) is 0 Å². The maximum absolute atomic E-state index is 12.5. The van der Waals surface area contributed by atoms with Crippen LogP contribution >= 0.6 is 0 Å². The molecule has 1 N–H and O–H groups in total. The summed E-state index contributed by atoms with van der Waals surface area (Å²) in [5.41, 5.74) is 1.26. The minimum atomic E-state index is -1.01. The number of piperazine rings is 1. The monoisotopic (exact) mass is 415 g/mol. The average Bonchev–Trinajstić information content (AvgIpc) is 2.65. The predicted octanol–water partition coefficient (Wildman–Crippen LogP) is 2.89. The molecule has 0 spiro atoms. The smallest absolute Gasteiger partial charge is 0.410 e. The van der Waals surface area contributed by atoms with Crippen LogP contribution in [-0.2, 0) is 21.0 Å². The molecule has 2 unspecified atom stereocenters. The molecule has 2 bridgehead atoms. The van der Waals surface area contributed by atoms with Crippen molar-refractivity contribution in [3.05, 3.63) is 47.0 Å². The number of aliphatic carboxylic acids is 1. The van der Waals surface area contributed by atoms with Gasteiger partial charge in [-0.3, -0.25) is 4.90 Å². The molecule has 8 nitrogen and oxygen atoms in total. The summed E-state index contributed by atoms with van der Waals surface area (Å²) >= 11 is 0. The van der Waals surface area contributed by atoms with Gasteiger partial charge in [0.05, 0.1) is 17.8 Å². The number of ether oxygens (including phenoxy) is 1. The molecule has 2 heterocycles. The minimum absolute atomic E-state index is 0.0186. The number of hydrogen-bond donors (Lipinski definition) is 1. The summed E-state index contributed by atoms with van der Waals surface area (Å²) in [7, 11) is 1.89. The van der Waals surface area contributed by atoms with Crippen LogP contribution in [0, 0.1) is 0 Å². The van der Waals surface area contributed by atoms with Crippen molar-refractivity contribution in [3.8, 4) is 0 Å². The number of hydrogen-bond acceptors (Lipinski definition) is 6. The Kier molecular flexibility index (Phi) is 6.45. The van der Waals surface area contributed by atoms with Crippen molar-refractivity contribution in [2.45, 2.75) is 51.5 Å². The van der Waals surface area contributed by atoms with Crippen LogP contribution in [0.15, 0.2) is 46.6 Å². The highest BCUT2D eigenvalue weighted by atomic mass is 16.6. The zero-order valence-electron chi connectivity index (χ0n) is 17.9. The van der Waals surface area contributed by atoms with E-state index in [2.05, 4.69) is 5.16 Å². The fraction of sp³-hybridized carbons (Fsp3) is 0.500. The molecule has 1 aromatic carbocycles. The molecule has 0 saturated carbocycles. The van der Waals surface area contributed by atoms with Gasteiger partial charge in [-0.05, 0) is 45.4 Å². The maximum atomic E-state index is 12.5. The Hall–Kier alpha value is -2.87. The largest absolute Gasteiger partial charge is 0.478 e. The summed E-state index contributed by atoms with van der Waals surface area (Å²) < 4.78 is 5.48. The van der Waals surface area contributed by atoms with E-state index >= 15 is 0 Å². The van der Waals surface area contributed by atoms with Crippen molar-refractivity contribution in [1.82, 2.24) is 9.80 Å². The molecule has 1 amide bonds. The molecule has 162 valence electrons. The third kappa shape index (κ3) is 5.18. The Balaban J connectivity index is 1.75. The van der Waals surface area contributed by atoms with Crippen molar-refractivity contribution in [1.29, 1.82) is 0 Å². The first-order valence-corrected chi connectivity index (χ1v) is 10.0. The van der Waals surface area contributed by atoms with Crippen LogP contribution in [0.4, 0.5) is 4.79 Å². The van der Waals surface area contributed by atoms with Crippen LogP contribution in [0.2, 0.25) is 0 Å². The van der Waals surface area contributed by atoms with Crippen LogP contribution in [0.5, 0.6) is 0 Å². The Bertz CT molecular complexity index is 844. The highest BCUT2D eigenvalue weighted by Gasteiger charge is 2.43. The van der Waals surface area contributed by atoms with E-state index in [0.29, 0.717) is 25.1 Å². The van der Waals surface area contributed by atoms with Gasteiger partial charge in [-0.2, -0.15) is 0 Å². The van der Waals surface area contributed by atoms with E-state index in [1.165, 1.54) is 6.21 Å². The molecular weight excluding hydrogens is 386 g/mol. The SMILES string of the molecule is CN1C2CC(/C=N/OCc3ccccc3)=C(C(=O)O)C1CN(C(=O)OC(C)(C)C)C2. The number of likely N-dealkylation sites (N-methyl/N-ethyl adjacent to an activating group) is 1. The van der Waals surface area contributed by atoms with Crippen molar-refractivity contribution < 1.29 is 24.3 Å². The number of carboxylic acids is 1. The zero-order chi connectivity index (χ0) is 21.9. The molecule has 30 heavy (non-hydrogen) atoms. The van der Waals surface area contributed by atoms with Gasteiger partial charge in [-0.25, -0.2) is 9.59 Å². The topological polar surface area (TPSA) is 91.7 Å². The van der Waals surface area contributed by atoms with Crippen LogP contribution in [0.1, 0.15) is 32.8 Å². The van der Waals surface area contributed by atoms with E-state index in [1.54, 1.807) is 4.90 Å². The van der Waals surface area contributed by atoms with E-state index in [4.69, 9.17) is 9.57 Å². The zero-order valence-corrected chi connectivity index (χ0v) is 17.9. The molecule has 3 rings (SSSR count). The quantitative estimate of drug-likeness (QED) is 0.587. The summed E-state index contributed by atoms with van der Waals surface area (Å²) in [4.78, 5) is 33.6. The number of fused-ring (bicyclic) bond motifs is 2. The van der Waals surface area contributed by atoms with Gasteiger partial charge in [0.1, 0.15) is 12.2 Å². The lowest BCUT2D eigenvalue weighted by atomic mass is 9.86. The van der Waals surface area contributed by atoms with Gasteiger partial charge in [0.2, 0.25) is 0 Å². The normalized spacial score (nSPS) is 22.3. The lowest BCUT2D eigenvalue weighted by Crippen LogP contribution is -2.62. The molecule has 2 aliphatic rings. The van der Waals surface area contributed by atoms with E-state index in [9.17, 15) is 14.7 Å². The fourth-order valence-electron chi connectivity index (χ4n) is 3.80. The summed E-state index contributed by atoms with van der Waals surface area (Å²) in [5.74, 6) is -1.01. The Morgan fingerprint density at radius 3 is 2.57 bits per heavy atom.